The van der Waals surface area contributed by atoms with Crippen molar-refractivity contribution >= 4 is 11.3 Å². The van der Waals surface area contributed by atoms with Gasteiger partial charge in [0.2, 0.25) is 6.79 Å². The maximum atomic E-state index is 5.49. The number of ether oxygens (including phenoxy) is 3. The number of hydrogen-bond acceptors (Lipinski definition) is 6. The molecule has 1 aromatic heterocycles. The van der Waals surface area contributed by atoms with E-state index >= 15 is 0 Å². The quantitative estimate of drug-likeness (QED) is 0.676. The number of nitrogens with one attached hydrogen (secondary N) is 1. The molecular formula is C20H20N2O3S. The van der Waals surface area contributed by atoms with Crippen molar-refractivity contribution in [1.82, 2.24) is 10.3 Å². The first-order valence-electron chi connectivity index (χ1n) is 8.59. The molecule has 0 aliphatic carbocycles. The highest BCUT2D eigenvalue weighted by Crippen LogP contribution is 2.32. The van der Waals surface area contributed by atoms with Crippen LogP contribution < -0.4 is 19.5 Å². The molecule has 6 heteroatoms. The Morgan fingerprint density at radius 1 is 1.08 bits per heavy atom. The summed E-state index contributed by atoms with van der Waals surface area (Å²) in [6.07, 6.45) is 1.93. The van der Waals surface area contributed by atoms with Crippen molar-refractivity contribution in [3.63, 3.8) is 0 Å². The smallest absolute Gasteiger partial charge is 0.231 e. The van der Waals surface area contributed by atoms with E-state index in [0.29, 0.717) is 13.4 Å². The van der Waals surface area contributed by atoms with Crippen LogP contribution in [0.4, 0.5) is 0 Å². The average Bonchev–Trinajstić information content (AvgIpc) is 3.32. The van der Waals surface area contributed by atoms with E-state index in [9.17, 15) is 0 Å². The van der Waals surface area contributed by atoms with Gasteiger partial charge in [-0.2, -0.15) is 0 Å². The number of benzene rings is 2. The highest BCUT2D eigenvalue weighted by Gasteiger charge is 2.13. The van der Waals surface area contributed by atoms with Gasteiger partial charge in [-0.05, 0) is 54.4 Å². The molecule has 0 unspecified atom stereocenters. The lowest BCUT2D eigenvalue weighted by Gasteiger charge is -2.04. The van der Waals surface area contributed by atoms with Crippen LogP contribution in [0.25, 0.3) is 10.4 Å². The minimum absolute atomic E-state index is 0.305. The van der Waals surface area contributed by atoms with Gasteiger partial charge in [-0.3, -0.25) is 0 Å². The van der Waals surface area contributed by atoms with Gasteiger partial charge in [-0.1, -0.05) is 6.07 Å². The molecule has 1 aliphatic heterocycles. The van der Waals surface area contributed by atoms with Gasteiger partial charge < -0.3 is 19.5 Å². The fraction of sp³-hybridized carbons (Fsp3) is 0.250. The molecule has 3 aromatic rings. The van der Waals surface area contributed by atoms with Crippen LogP contribution in [0.2, 0.25) is 0 Å². The minimum atomic E-state index is 0.305. The second kappa shape index (κ2) is 7.76. The van der Waals surface area contributed by atoms with Crippen LogP contribution in [-0.4, -0.2) is 18.4 Å². The van der Waals surface area contributed by atoms with E-state index in [1.165, 1.54) is 0 Å². The van der Waals surface area contributed by atoms with Gasteiger partial charge in [-0.25, -0.2) is 4.98 Å². The van der Waals surface area contributed by atoms with Gasteiger partial charge in [-0.15, -0.1) is 11.3 Å². The maximum Gasteiger partial charge on any atom is 0.231 e. The zero-order chi connectivity index (χ0) is 17.8. The molecule has 0 saturated carbocycles. The van der Waals surface area contributed by atoms with Gasteiger partial charge in [0.1, 0.15) is 10.8 Å². The fourth-order valence-electron chi connectivity index (χ4n) is 2.77. The van der Waals surface area contributed by atoms with Crippen LogP contribution in [-0.2, 0) is 13.1 Å². The van der Waals surface area contributed by atoms with Crippen LogP contribution in [0.5, 0.6) is 17.2 Å². The summed E-state index contributed by atoms with van der Waals surface area (Å²) >= 11 is 1.70. The summed E-state index contributed by atoms with van der Waals surface area (Å²) < 4.78 is 16.2. The van der Waals surface area contributed by atoms with Gasteiger partial charge in [0.05, 0.1) is 11.5 Å². The summed E-state index contributed by atoms with van der Waals surface area (Å²) in [5.41, 5.74) is 2.32. The third kappa shape index (κ3) is 3.81. The number of thiazole rings is 1. The fourth-order valence-corrected chi connectivity index (χ4v) is 3.67. The van der Waals surface area contributed by atoms with Crippen molar-refractivity contribution in [3.8, 4) is 27.7 Å². The minimum Gasteiger partial charge on any atom is -0.494 e. The summed E-state index contributed by atoms with van der Waals surface area (Å²) in [5.74, 6) is 2.52. The van der Waals surface area contributed by atoms with E-state index in [1.807, 2.05) is 43.5 Å². The molecule has 1 aliphatic rings. The molecule has 0 amide bonds. The van der Waals surface area contributed by atoms with Gasteiger partial charge in [0.15, 0.2) is 11.5 Å². The lowest BCUT2D eigenvalue weighted by molar-refractivity contribution is 0.174. The second-order valence-electron chi connectivity index (χ2n) is 5.87. The normalized spacial score (nSPS) is 12.3. The van der Waals surface area contributed by atoms with Gasteiger partial charge >= 0.3 is 0 Å². The first-order chi connectivity index (χ1) is 12.8. The zero-order valence-electron chi connectivity index (χ0n) is 14.5. The van der Waals surface area contributed by atoms with Crippen LogP contribution in [0.3, 0.4) is 0 Å². The Labute approximate surface area is 156 Å². The molecule has 2 aromatic carbocycles. The third-order valence-electron chi connectivity index (χ3n) is 4.05. The molecule has 26 heavy (non-hydrogen) atoms. The molecule has 1 N–H and O–H groups in total. The highest BCUT2D eigenvalue weighted by atomic mass is 32.1. The predicted octanol–water partition coefficient (Wildman–Crippen LogP) is 4.23. The summed E-state index contributed by atoms with van der Waals surface area (Å²) in [7, 11) is 0. The Morgan fingerprint density at radius 2 is 1.92 bits per heavy atom. The Balaban J connectivity index is 1.33. The largest absolute Gasteiger partial charge is 0.494 e. The maximum absolute atomic E-state index is 5.49. The molecular weight excluding hydrogens is 348 g/mol. The van der Waals surface area contributed by atoms with Crippen molar-refractivity contribution in [2.24, 2.45) is 0 Å². The topological polar surface area (TPSA) is 52.6 Å². The van der Waals surface area contributed by atoms with Crippen molar-refractivity contribution in [2.45, 2.75) is 20.0 Å². The van der Waals surface area contributed by atoms with E-state index < -0.39 is 0 Å². The molecule has 0 saturated heterocycles. The monoisotopic (exact) mass is 368 g/mol. The molecule has 2 heterocycles. The lowest BCUT2D eigenvalue weighted by Crippen LogP contribution is -2.12. The number of rotatable bonds is 7. The number of hydrogen-bond donors (Lipinski definition) is 1. The molecule has 0 fully saturated rings. The van der Waals surface area contributed by atoms with Crippen molar-refractivity contribution < 1.29 is 14.2 Å². The van der Waals surface area contributed by atoms with Crippen LogP contribution in [0.15, 0.2) is 48.7 Å². The van der Waals surface area contributed by atoms with E-state index in [-0.39, 0.29) is 0 Å². The SMILES string of the molecule is CCOc1ccc(-c2cnc(CNCc3ccc4c(c3)OCO4)s2)cc1. The van der Waals surface area contributed by atoms with Gasteiger partial charge in [0.25, 0.3) is 0 Å². The van der Waals surface area contributed by atoms with E-state index in [2.05, 4.69) is 22.4 Å². The van der Waals surface area contributed by atoms with E-state index in [0.717, 1.165) is 51.3 Å². The average molecular weight is 368 g/mol. The summed E-state index contributed by atoms with van der Waals surface area (Å²) in [5, 5.41) is 4.50. The summed E-state index contributed by atoms with van der Waals surface area (Å²) in [6.45, 7) is 4.46. The first kappa shape index (κ1) is 16.9. The van der Waals surface area contributed by atoms with Crippen molar-refractivity contribution in [3.05, 3.63) is 59.2 Å². The molecule has 134 valence electrons. The molecule has 4 rings (SSSR count). The Hall–Kier alpha value is -2.57. The molecule has 0 radical (unpaired) electrons. The van der Waals surface area contributed by atoms with Crippen LogP contribution >= 0.6 is 11.3 Å². The lowest BCUT2D eigenvalue weighted by atomic mass is 10.2. The number of nitrogens with zero attached hydrogens (tertiary/aromatic N) is 1. The molecule has 0 spiro atoms. The zero-order valence-corrected chi connectivity index (χ0v) is 15.3. The Morgan fingerprint density at radius 3 is 2.77 bits per heavy atom. The van der Waals surface area contributed by atoms with Gasteiger partial charge in [0, 0.05) is 19.3 Å². The first-order valence-corrected chi connectivity index (χ1v) is 9.40. The Bertz CT molecular complexity index is 877. The van der Waals surface area contributed by atoms with E-state index in [4.69, 9.17) is 14.2 Å². The standard InChI is InChI=1S/C20H20N2O3S/c1-2-23-16-6-4-15(5-7-16)19-11-22-20(26-19)12-21-10-14-3-8-17-18(9-14)25-13-24-17/h3-9,11,21H,2,10,12-13H2,1H3. The highest BCUT2D eigenvalue weighted by molar-refractivity contribution is 7.15. The molecule has 0 atom stereocenters. The summed E-state index contributed by atoms with van der Waals surface area (Å²) in [6, 6.07) is 14.2. The van der Waals surface area contributed by atoms with Crippen molar-refractivity contribution in [2.75, 3.05) is 13.4 Å². The predicted molar refractivity (Wildman–Crippen MR) is 102 cm³/mol. The van der Waals surface area contributed by atoms with E-state index in [1.54, 1.807) is 11.3 Å². The van der Waals surface area contributed by atoms with Crippen LogP contribution in [0, 0.1) is 0 Å². The molecule has 5 nitrogen and oxygen atoms in total. The molecule has 0 bridgehead atoms. The summed E-state index contributed by atoms with van der Waals surface area (Å²) in [4.78, 5) is 5.68. The Kier molecular flexibility index (Phi) is 5.04. The number of fused-ring (bicyclic) bond motifs is 1. The van der Waals surface area contributed by atoms with Crippen molar-refractivity contribution in [1.29, 1.82) is 0 Å². The van der Waals surface area contributed by atoms with Crippen LogP contribution in [0.1, 0.15) is 17.5 Å². The second-order valence-corrected chi connectivity index (χ2v) is 6.98. The number of aromatic nitrogens is 1. The third-order valence-corrected chi connectivity index (χ3v) is 5.09.